The number of phenolic OH excluding ortho intramolecular Hbond substituents is 1. The molecule has 1 rings (SSSR count). The van der Waals surface area contributed by atoms with Gasteiger partial charge in [-0.1, -0.05) is 6.07 Å². The summed E-state index contributed by atoms with van der Waals surface area (Å²) < 4.78 is 74.3. The first-order valence-electron chi connectivity index (χ1n) is 4.26. The van der Waals surface area contributed by atoms with Crippen molar-refractivity contribution in [3.05, 3.63) is 29.6 Å². The van der Waals surface area contributed by atoms with Crippen molar-refractivity contribution < 1.29 is 31.4 Å². The van der Waals surface area contributed by atoms with Gasteiger partial charge in [-0.05, 0) is 17.7 Å². The van der Waals surface area contributed by atoms with Gasteiger partial charge in [0.05, 0.1) is 0 Å². The van der Waals surface area contributed by atoms with Crippen molar-refractivity contribution in [1.29, 1.82) is 0 Å². The number of nitrogens with two attached hydrogens (primary N) is 1. The Hall–Kier alpha value is -1.15. The van der Waals surface area contributed by atoms with Gasteiger partial charge in [0.15, 0.2) is 11.6 Å². The third kappa shape index (κ3) is 2.99. The monoisotopic (exact) mass is 295 g/mol. The molecule has 9 heteroatoms. The van der Waals surface area contributed by atoms with Crippen LogP contribution in [0.2, 0.25) is 0 Å². The number of alkyl halides is 5. The van der Waals surface area contributed by atoms with E-state index < -0.39 is 35.3 Å². The molecule has 1 aromatic carbocycles. The molecule has 3 N–H and O–H groups in total. The van der Waals surface area contributed by atoms with E-state index in [1.54, 1.807) is 0 Å². The molecule has 0 aliphatic rings. The van der Waals surface area contributed by atoms with Gasteiger partial charge in [0.1, 0.15) is 6.04 Å². The molecule has 0 bridgehead atoms. The van der Waals surface area contributed by atoms with E-state index in [0.717, 1.165) is 0 Å². The number of halogens is 7. The highest BCUT2D eigenvalue weighted by molar-refractivity contribution is 5.85. The van der Waals surface area contributed by atoms with Gasteiger partial charge < -0.3 is 10.8 Å². The fraction of sp³-hybridized carbons (Fsp3) is 0.333. The van der Waals surface area contributed by atoms with Crippen LogP contribution >= 0.6 is 12.4 Å². The van der Waals surface area contributed by atoms with Crippen LogP contribution in [0.25, 0.3) is 0 Å². The molecule has 0 amide bonds. The first kappa shape index (κ1) is 16.9. The summed E-state index contributed by atoms with van der Waals surface area (Å²) in [6, 6.07) is -1.06. The minimum absolute atomic E-state index is 0. The van der Waals surface area contributed by atoms with E-state index in [9.17, 15) is 26.3 Å². The van der Waals surface area contributed by atoms with Gasteiger partial charge in [0.25, 0.3) is 0 Å². The van der Waals surface area contributed by atoms with Crippen LogP contribution in [-0.2, 0) is 0 Å². The quantitative estimate of drug-likeness (QED) is 0.823. The Balaban J connectivity index is 0.00000289. The number of hydrogen-bond acceptors (Lipinski definition) is 2. The summed E-state index contributed by atoms with van der Waals surface area (Å²) in [6.45, 7) is 0. The van der Waals surface area contributed by atoms with Gasteiger partial charge in [-0.2, -0.15) is 22.0 Å². The molecule has 1 atom stereocenters. The van der Waals surface area contributed by atoms with E-state index in [1.165, 1.54) is 0 Å². The highest BCUT2D eigenvalue weighted by Crippen LogP contribution is 2.43. The number of rotatable bonds is 2. The lowest BCUT2D eigenvalue weighted by Gasteiger charge is -2.25. The molecule has 0 radical (unpaired) electrons. The van der Waals surface area contributed by atoms with Crippen LogP contribution in [0.1, 0.15) is 11.6 Å². The highest BCUT2D eigenvalue weighted by atomic mass is 35.5. The predicted molar refractivity (Wildman–Crippen MR) is 53.2 cm³/mol. The van der Waals surface area contributed by atoms with Gasteiger partial charge in [-0.15, -0.1) is 12.4 Å². The predicted octanol–water partition coefficient (Wildman–Crippen LogP) is 3.15. The molecule has 104 valence electrons. The minimum atomic E-state index is -5.83. The fourth-order valence-corrected chi connectivity index (χ4v) is 1.10. The largest absolute Gasteiger partial charge is 0.505 e. The van der Waals surface area contributed by atoms with Crippen molar-refractivity contribution in [2.45, 2.75) is 18.1 Å². The van der Waals surface area contributed by atoms with E-state index in [4.69, 9.17) is 10.8 Å². The topological polar surface area (TPSA) is 46.2 Å². The van der Waals surface area contributed by atoms with Gasteiger partial charge in [0, 0.05) is 0 Å². The first-order valence-corrected chi connectivity index (χ1v) is 4.26. The Kier molecular flexibility index (Phi) is 4.90. The summed E-state index contributed by atoms with van der Waals surface area (Å²) in [6.07, 6.45) is -5.83. The molecule has 0 aromatic heterocycles. The molecule has 0 unspecified atom stereocenters. The number of benzene rings is 1. The van der Waals surface area contributed by atoms with Gasteiger partial charge >= 0.3 is 12.1 Å². The lowest BCUT2D eigenvalue weighted by Crippen LogP contribution is -2.45. The maximum absolute atomic E-state index is 12.8. The lowest BCUT2D eigenvalue weighted by atomic mass is 10.0. The van der Waals surface area contributed by atoms with Gasteiger partial charge in [-0.25, -0.2) is 4.39 Å². The Morgan fingerprint density at radius 1 is 1.11 bits per heavy atom. The number of phenols is 1. The fourth-order valence-electron chi connectivity index (χ4n) is 1.10. The number of hydrogen-bond donors (Lipinski definition) is 2. The normalized spacial score (nSPS) is 13.9. The molecule has 0 aliphatic carbocycles. The van der Waals surface area contributed by atoms with Crippen molar-refractivity contribution in [2.75, 3.05) is 0 Å². The molecule has 0 aliphatic heterocycles. The molecular weight excluding hydrogens is 288 g/mol. The Labute approximate surface area is 104 Å². The summed E-state index contributed by atoms with van der Waals surface area (Å²) in [5.41, 5.74) is 4.00. The highest BCUT2D eigenvalue weighted by Gasteiger charge is 2.61. The van der Waals surface area contributed by atoms with Crippen molar-refractivity contribution in [3.63, 3.8) is 0 Å². The lowest BCUT2D eigenvalue weighted by molar-refractivity contribution is -0.291. The summed E-state index contributed by atoms with van der Waals surface area (Å²) in [4.78, 5) is 0. The smallest absolute Gasteiger partial charge is 0.455 e. The summed E-state index contributed by atoms with van der Waals surface area (Å²) >= 11 is 0. The second-order valence-electron chi connectivity index (χ2n) is 3.31. The van der Waals surface area contributed by atoms with Crippen LogP contribution in [-0.4, -0.2) is 17.2 Å². The van der Waals surface area contributed by atoms with Crippen LogP contribution in [0.4, 0.5) is 26.3 Å². The Morgan fingerprint density at radius 3 is 2.00 bits per heavy atom. The summed E-state index contributed by atoms with van der Waals surface area (Å²) in [7, 11) is 0. The van der Waals surface area contributed by atoms with Gasteiger partial charge in [-0.3, -0.25) is 0 Å². The maximum atomic E-state index is 12.8. The summed E-state index contributed by atoms with van der Waals surface area (Å²) in [5, 5.41) is 8.76. The minimum Gasteiger partial charge on any atom is -0.505 e. The molecule has 18 heavy (non-hydrogen) atoms. The molecule has 0 saturated carbocycles. The van der Waals surface area contributed by atoms with Gasteiger partial charge in [0.2, 0.25) is 0 Å². The van der Waals surface area contributed by atoms with Crippen LogP contribution < -0.4 is 5.73 Å². The average molecular weight is 296 g/mol. The maximum Gasteiger partial charge on any atom is 0.455 e. The third-order valence-corrected chi connectivity index (χ3v) is 2.10. The van der Waals surface area contributed by atoms with E-state index in [1.807, 2.05) is 0 Å². The summed E-state index contributed by atoms with van der Waals surface area (Å²) in [5.74, 6) is -7.37. The molecule has 1 aromatic rings. The van der Waals surface area contributed by atoms with Crippen molar-refractivity contribution in [3.8, 4) is 5.75 Å². The molecule has 0 saturated heterocycles. The van der Waals surface area contributed by atoms with Crippen molar-refractivity contribution >= 4 is 12.4 Å². The third-order valence-electron chi connectivity index (χ3n) is 2.10. The molecular formula is C9H8ClF6NO. The van der Waals surface area contributed by atoms with Crippen molar-refractivity contribution in [2.24, 2.45) is 5.73 Å². The first-order chi connectivity index (χ1) is 7.57. The van der Waals surface area contributed by atoms with Crippen LogP contribution in [0.15, 0.2) is 18.2 Å². The van der Waals surface area contributed by atoms with E-state index >= 15 is 0 Å². The molecule has 0 spiro atoms. The second-order valence-corrected chi connectivity index (χ2v) is 3.31. The van der Waals surface area contributed by atoms with E-state index in [-0.39, 0.29) is 12.4 Å². The standard InChI is InChI=1S/C9H7F6NO.ClH/c10-5-3-4(1-2-6(5)17)7(16)8(11,12)9(13,14)15;/h1-3,7,17H,16H2;1H/t7-;/m1./s1. The number of aromatic hydroxyl groups is 1. The average Bonchev–Trinajstić information content (AvgIpc) is 2.19. The zero-order valence-corrected chi connectivity index (χ0v) is 9.33. The van der Waals surface area contributed by atoms with Crippen LogP contribution in [0.3, 0.4) is 0 Å². The molecule has 0 heterocycles. The Morgan fingerprint density at radius 2 is 1.61 bits per heavy atom. The Bertz CT molecular complexity index is 422. The SMILES string of the molecule is Cl.N[C@H](c1ccc(O)c(F)c1)C(F)(F)C(F)(F)F. The second kappa shape index (κ2) is 5.23. The van der Waals surface area contributed by atoms with Crippen LogP contribution in [0.5, 0.6) is 5.75 Å². The molecule has 0 fully saturated rings. The van der Waals surface area contributed by atoms with Crippen molar-refractivity contribution in [1.82, 2.24) is 0 Å². The molecule has 2 nitrogen and oxygen atoms in total. The van der Waals surface area contributed by atoms with E-state index in [0.29, 0.717) is 18.2 Å². The van der Waals surface area contributed by atoms with E-state index in [2.05, 4.69) is 0 Å². The van der Waals surface area contributed by atoms with Crippen LogP contribution in [0, 0.1) is 5.82 Å². The zero-order chi connectivity index (χ0) is 13.4. The zero-order valence-electron chi connectivity index (χ0n) is 8.51.